The molecule has 1 amide bonds. The molecule has 0 radical (unpaired) electrons. The summed E-state index contributed by atoms with van der Waals surface area (Å²) in [6, 6.07) is 8.53. The number of rotatable bonds is 2. The fraction of sp³-hybridized carbons (Fsp3) is 0.600. The van der Waals surface area contributed by atoms with Gasteiger partial charge in [0, 0.05) is 32.7 Å². The van der Waals surface area contributed by atoms with Gasteiger partial charge in [-0.1, -0.05) is 25.0 Å². The van der Waals surface area contributed by atoms with Gasteiger partial charge in [0.15, 0.2) is 5.58 Å². The Kier molecular flexibility index (Phi) is 6.42. The average Bonchev–Trinajstić information content (AvgIpc) is 3.32. The summed E-state index contributed by atoms with van der Waals surface area (Å²) in [7, 11) is 0. The molecule has 1 aliphatic carbocycles. The molecule has 2 saturated heterocycles. The van der Waals surface area contributed by atoms with Crippen LogP contribution in [-0.2, 0) is 4.79 Å². The maximum absolute atomic E-state index is 13.4. The number of para-hydroxylation sites is 2. The number of hydrogen-bond acceptors (Lipinski definition) is 5. The number of fused-ring (bicyclic) bond motifs is 2. The molecule has 154 valence electrons. The molecule has 2 aromatic rings. The normalized spacial score (nSPS) is 27.1. The van der Waals surface area contributed by atoms with Crippen molar-refractivity contribution in [1.82, 2.24) is 15.2 Å². The standard InChI is InChI=1S/C20H26N4O2.2ClH/c25-18(20-8-4-3-5-15(20)13-21-14-20)23-9-11-24(12-10-23)19-22-16-6-1-2-7-17(16)26-19;;/h1-2,6-7,15,21H,3-5,8-14H2;2*1H/t15-,20+;;/m0../s1. The van der Waals surface area contributed by atoms with Crippen LogP contribution in [0.1, 0.15) is 25.7 Å². The lowest BCUT2D eigenvalue weighted by Crippen LogP contribution is -2.56. The third-order valence-corrected chi connectivity index (χ3v) is 6.58. The van der Waals surface area contributed by atoms with E-state index in [-0.39, 0.29) is 30.2 Å². The zero-order chi connectivity index (χ0) is 17.6. The Bertz CT molecular complexity index is 788. The third-order valence-electron chi connectivity index (χ3n) is 6.58. The van der Waals surface area contributed by atoms with E-state index in [4.69, 9.17) is 4.42 Å². The lowest BCUT2D eigenvalue weighted by atomic mass is 9.67. The van der Waals surface area contributed by atoms with Crippen molar-refractivity contribution < 1.29 is 9.21 Å². The Morgan fingerprint density at radius 2 is 1.93 bits per heavy atom. The van der Waals surface area contributed by atoms with Crippen molar-refractivity contribution in [2.75, 3.05) is 44.2 Å². The van der Waals surface area contributed by atoms with Gasteiger partial charge in [0.1, 0.15) is 5.52 Å². The number of piperazine rings is 1. The summed E-state index contributed by atoms with van der Waals surface area (Å²) in [4.78, 5) is 22.2. The van der Waals surface area contributed by atoms with Crippen LogP contribution in [-0.4, -0.2) is 55.1 Å². The number of benzene rings is 1. The lowest BCUT2D eigenvalue weighted by Gasteiger charge is -2.43. The Balaban J connectivity index is 0.00000112. The van der Waals surface area contributed by atoms with Gasteiger partial charge in [-0.25, -0.2) is 0 Å². The second-order valence-electron chi connectivity index (χ2n) is 7.97. The maximum atomic E-state index is 13.4. The molecule has 3 aliphatic rings. The summed E-state index contributed by atoms with van der Waals surface area (Å²) in [5.74, 6) is 0.906. The van der Waals surface area contributed by atoms with Gasteiger partial charge < -0.3 is 19.5 Å². The smallest absolute Gasteiger partial charge is 0.298 e. The van der Waals surface area contributed by atoms with E-state index in [0.29, 0.717) is 17.8 Å². The topological polar surface area (TPSA) is 61.6 Å². The number of nitrogens with one attached hydrogen (secondary N) is 1. The largest absolute Gasteiger partial charge is 0.423 e. The highest BCUT2D eigenvalue weighted by Gasteiger charge is 2.51. The van der Waals surface area contributed by atoms with Crippen LogP contribution in [0.3, 0.4) is 0 Å². The number of carbonyl (C=O) groups is 1. The van der Waals surface area contributed by atoms with Crippen molar-refractivity contribution in [3.63, 3.8) is 0 Å². The minimum Gasteiger partial charge on any atom is -0.423 e. The fourth-order valence-electron chi connectivity index (χ4n) is 5.08. The molecule has 3 fully saturated rings. The van der Waals surface area contributed by atoms with E-state index in [1.807, 2.05) is 24.3 Å². The number of anilines is 1. The molecular formula is C20H28Cl2N4O2. The number of amides is 1. The zero-order valence-electron chi connectivity index (χ0n) is 15.9. The van der Waals surface area contributed by atoms with Crippen molar-refractivity contribution in [2.24, 2.45) is 11.3 Å². The molecule has 2 atom stereocenters. The second kappa shape index (κ2) is 8.47. The first-order valence-electron chi connectivity index (χ1n) is 9.87. The van der Waals surface area contributed by atoms with E-state index >= 15 is 0 Å². The van der Waals surface area contributed by atoms with Gasteiger partial charge in [0.2, 0.25) is 5.91 Å². The van der Waals surface area contributed by atoms with E-state index in [0.717, 1.165) is 56.8 Å². The molecule has 6 nitrogen and oxygen atoms in total. The zero-order valence-corrected chi connectivity index (χ0v) is 17.6. The van der Waals surface area contributed by atoms with Crippen molar-refractivity contribution in [1.29, 1.82) is 0 Å². The third kappa shape index (κ3) is 3.46. The molecule has 1 aromatic heterocycles. The van der Waals surface area contributed by atoms with Crippen molar-refractivity contribution in [3.8, 4) is 0 Å². The predicted octanol–water partition coefficient (Wildman–Crippen LogP) is 3.10. The van der Waals surface area contributed by atoms with E-state index in [1.54, 1.807) is 0 Å². The predicted molar refractivity (Wildman–Crippen MR) is 115 cm³/mol. The summed E-state index contributed by atoms with van der Waals surface area (Å²) in [5, 5.41) is 3.49. The molecule has 1 saturated carbocycles. The number of hydrogen-bond donors (Lipinski definition) is 1. The molecule has 0 bridgehead atoms. The molecule has 8 heteroatoms. The first kappa shape index (κ1) is 21.2. The van der Waals surface area contributed by atoms with Crippen LogP contribution < -0.4 is 10.2 Å². The minimum absolute atomic E-state index is 0. The maximum Gasteiger partial charge on any atom is 0.298 e. The van der Waals surface area contributed by atoms with Gasteiger partial charge in [-0.2, -0.15) is 4.98 Å². The van der Waals surface area contributed by atoms with Crippen molar-refractivity contribution in [2.45, 2.75) is 25.7 Å². The van der Waals surface area contributed by atoms with E-state index in [9.17, 15) is 4.79 Å². The molecule has 3 heterocycles. The van der Waals surface area contributed by atoms with Crippen molar-refractivity contribution in [3.05, 3.63) is 24.3 Å². The highest BCUT2D eigenvalue weighted by atomic mass is 35.5. The summed E-state index contributed by atoms with van der Waals surface area (Å²) in [6.07, 6.45) is 4.70. The molecule has 1 aromatic carbocycles. The van der Waals surface area contributed by atoms with Crippen LogP contribution in [0, 0.1) is 11.3 Å². The highest BCUT2D eigenvalue weighted by molar-refractivity contribution is 5.86. The Morgan fingerprint density at radius 3 is 2.71 bits per heavy atom. The molecule has 5 rings (SSSR count). The summed E-state index contributed by atoms with van der Waals surface area (Å²) >= 11 is 0. The van der Waals surface area contributed by atoms with Gasteiger partial charge in [-0.15, -0.1) is 24.8 Å². The van der Waals surface area contributed by atoms with Gasteiger partial charge in [0.05, 0.1) is 5.41 Å². The summed E-state index contributed by atoms with van der Waals surface area (Å²) < 4.78 is 5.89. The quantitative estimate of drug-likeness (QED) is 0.798. The monoisotopic (exact) mass is 426 g/mol. The molecule has 0 unspecified atom stereocenters. The van der Waals surface area contributed by atoms with Gasteiger partial charge in [-0.3, -0.25) is 4.79 Å². The van der Waals surface area contributed by atoms with Crippen LogP contribution in [0.2, 0.25) is 0 Å². The lowest BCUT2D eigenvalue weighted by molar-refractivity contribution is -0.145. The Morgan fingerprint density at radius 1 is 1.14 bits per heavy atom. The number of carbonyl (C=O) groups excluding carboxylic acids is 1. The van der Waals surface area contributed by atoms with Crippen LogP contribution in [0.4, 0.5) is 6.01 Å². The number of aromatic nitrogens is 1. The van der Waals surface area contributed by atoms with Crippen LogP contribution in [0.25, 0.3) is 11.1 Å². The highest BCUT2D eigenvalue weighted by Crippen LogP contribution is 2.45. The van der Waals surface area contributed by atoms with Crippen LogP contribution in [0.5, 0.6) is 0 Å². The number of nitrogens with zero attached hydrogens (tertiary/aromatic N) is 3. The molecule has 1 N–H and O–H groups in total. The van der Waals surface area contributed by atoms with E-state index in [1.165, 1.54) is 19.3 Å². The average molecular weight is 427 g/mol. The molecule has 0 spiro atoms. The fourth-order valence-corrected chi connectivity index (χ4v) is 5.08. The van der Waals surface area contributed by atoms with Gasteiger partial charge in [-0.05, 0) is 37.4 Å². The second-order valence-corrected chi connectivity index (χ2v) is 7.97. The first-order chi connectivity index (χ1) is 12.8. The molecular weight excluding hydrogens is 399 g/mol. The molecule has 28 heavy (non-hydrogen) atoms. The van der Waals surface area contributed by atoms with Crippen molar-refractivity contribution >= 4 is 47.8 Å². The van der Waals surface area contributed by atoms with Gasteiger partial charge in [0.25, 0.3) is 6.01 Å². The Hall–Kier alpha value is -1.50. The van der Waals surface area contributed by atoms with E-state index < -0.39 is 0 Å². The summed E-state index contributed by atoms with van der Waals surface area (Å²) in [5.41, 5.74) is 1.57. The van der Waals surface area contributed by atoms with Crippen LogP contribution >= 0.6 is 24.8 Å². The molecule has 2 aliphatic heterocycles. The van der Waals surface area contributed by atoms with Gasteiger partial charge >= 0.3 is 0 Å². The summed E-state index contributed by atoms with van der Waals surface area (Å²) in [6.45, 7) is 4.95. The van der Waals surface area contributed by atoms with E-state index in [2.05, 4.69) is 20.1 Å². The number of halogens is 2. The first-order valence-corrected chi connectivity index (χ1v) is 9.87. The Labute approximate surface area is 177 Å². The minimum atomic E-state index is -0.141. The number of oxazole rings is 1. The van der Waals surface area contributed by atoms with Crippen LogP contribution in [0.15, 0.2) is 28.7 Å². The SMILES string of the molecule is Cl.Cl.O=C(N1CCN(c2nc3ccccc3o2)CC1)[C@@]12CCCC[C@H]1CNC2.